The Bertz CT molecular complexity index is 803. The SMILES string of the molecule is Nc1cccc(NC(=O)c2ccc(S(=O)(=O)O)c(N)c2)c1. The van der Waals surface area contributed by atoms with E-state index in [4.69, 9.17) is 16.0 Å². The maximum absolute atomic E-state index is 12.0. The molecular formula is C13H13N3O4S. The van der Waals surface area contributed by atoms with Gasteiger partial charge < -0.3 is 16.8 Å². The molecule has 0 saturated heterocycles. The number of benzene rings is 2. The summed E-state index contributed by atoms with van der Waals surface area (Å²) in [5.41, 5.74) is 12.1. The lowest BCUT2D eigenvalue weighted by Gasteiger charge is -2.08. The summed E-state index contributed by atoms with van der Waals surface area (Å²) in [5, 5.41) is 2.60. The van der Waals surface area contributed by atoms with E-state index in [0.29, 0.717) is 11.4 Å². The van der Waals surface area contributed by atoms with Crippen LogP contribution in [0.25, 0.3) is 0 Å². The first-order valence-corrected chi connectivity index (χ1v) is 7.25. The Morgan fingerprint density at radius 1 is 1.10 bits per heavy atom. The quantitative estimate of drug-likeness (QED) is 0.499. The molecule has 8 heteroatoms. The number of nitrogens with two attached hydrogens (primary N) is 2. The van der Waals surface area contributed by atoms with Gasteiger partial charge in [0.15, 0.2) is 0 Å². The molecule has 0 radical (unpaired) electrons. The third-order valence-corrected chi connectivity index (χ3v) is 3.62. The van der Waals surface area contributed by atoms with Gasteiger partial charge in [0.05, 0.1) is 5.69 Å². The number of nitrogens with one attached hydrogen (secondary N) is 1. The number of hydrogen-bond donors (Lipinski definition) is 4. The lowest BCUT2D eigenvalue weighted by atomic mass is 10.2. The first-order valence-electron chi connectivity index (χ1n) is 5.81. The number of anilines is 3. The zero-order valence-electron chi connectivity index (χ0n) is 10.8. The highest BCUT2D eigenvalue weighted by Crippen LogP contribution is 2.20. The minimum absolute atomic E-state index is 0.155. The molecule has 0 unspecified atom stereocenters. The molecule has 2 aromatic carbocycles. The second kappa shape index (κ2) is 5.43. The average Bonchev–Trinajstić information content (AvgIpc) is 2.37. The lowest BCUT2D eigenvalue weighted by molar-refractivity contribution is 0.102. The van der Waals surface area contributed by atoms with Crippen LogP contribution in [0.4, 0.5) is 17.1 Å². The van der Waals surface area contributed by atoms with Crippen molar-refractivity contribution in [1.82, 2.24) is 0 Å². The van der Waals surface area contributed by atoms with E-state index in [2.05, 4.69) is 5.32 Å². The Morgan fingerprint density at radius 2 is 1.81 bits per heavy atom. The summed E-state index contributed by atoms with van der Waals surface area (Å²) in [4.78, 5) is 11.6. The number of rotatable bonds is 3. The molecule has 110 valence electrons. The van der Waals surface area contributed by atoms with Crippen molar-refractivity contribution in [1.29, 1.82) is 0 Å². The summed E-state index contributed by atoms with van der Waals surface area (Å²) in [7, 11) is -4.41. The lowest BCUT2D eigenvalue weighted by Crippen LogP contribution is -2.13. The van der Waals surface area contributed by atoms with E-state index in [0.717, 1.165) is 6.07 Å². The van der Waals surface area contributed by atoms with Crippen molar-refractivity contribution in [3.63, 3.8) is 0 Å². The minimum atomic E-state index is -4.41. The maximum atomic E-state index is 12.0. The van der Waals surface area contributed by atoms with Gasteiger partial charge in [0, 0.05) is 16.9 Å². The molecule has 2 rings (SSSR count). The predicted octanol–water partition coefficient (Wildman–Crippen LogP) is 1.35. The Kier molecular flexibility index (Phi) is 3.83. The molecule has 21 heavy (non-hydrogen) atoms. The van der Waals surface area contributed by atoms with Crippen LogP contribution in [0.15, 0.2) is 47.4 Å². The van der Waals surface area contributed by atoms with Crippen LogP contribution in [0.3, 0.4) is 0 Å². The van der Waals surface area contributed by atoms with Crippen molar-refractivity contribution in [3.05, 3.63) is 48.0 Å². The molecule has 7 nitrogen and oxygen atoms in total. The number of carbonyl (C=O) groups excluding carboxylic acids is 1. The van der Waals surface area contributed by atoms with Crippen molar-refractivity contribution in [2.24, 2.45) is 0 Å². The molecule has 1 amide bonds. The largest absolute Gasteiger partial charge is 0.399 e. The molecular weight excluding hydrogens is 294 g/mol. The first kappa shape index (κ1) is 14.8. The number of amides is 1. The van der Waals surface area contributed by atoms with E-state index < -0.39 is 20.9 Å². The average molecular weight is 307 g/mol. The van der Waals surface area contributed by atoms with Gasteiger partial charge in [-0.1, -0.05) is 6.07 Å². The first-order chi connectivity index (χ1) is 9.77. The highest BCUT2D eigenvalue weighted by molar-refractivity contribution is 7.86. The standard InChI is InChI=1S/C13H13N3O4S/c14-9-2-1-3-10(7-9)16-13(17)8-4-5-12(11(15)6-8)21(18,19)20/h1-7H,14-15H2,(H,16,17)(H,18,19,20). The monoisotopic (exact) mass is 307 g/mol. The molecule has 0 saturated carbocycles. The Hall–Kier alpha value is -2.58. The van der Waals surface area contributed by atoms with Crippen molar-refractivity contribution in [2.75, 3.05) is 16.8 Å². The van der Waals surface area contributed by atoms with Gasteiger partial charge in [-0.25, -0.2) is 0 Å². The summed E-state index contributed by atoms with van der Waals surface area (Å²) >= 11 is 0. The molecule has 0 aliphatic heterocycles. The van der Waals surface area contributed by atoms with E-state index in [-0.39, 0.29) is 11.3 Å². The number of hydrogen-bond acceptors (Lipinski definition) is 5. The third kappa shape index (κ3) is 3.50. The summed E-state index contributed by atoms with van der Waals surface area (Å²) in [6.45, 7) is 0. The van der Waals surface area contributed by atoms with E-state index in [9.17, 15) is 13.2 Å². The fourth-order valence-corrected chi connectivity index (χ4v) is 2.34. The van der Waals surface area contributed by atoms with E-state index in [1.807, 2.05) is 0 Å². The molecule has 0 aliphatic rings. The van der Waals surface area contributed by atoms with Crippen LogP contribution in [0.2, 0.25) is 0 Å². The van der Waals surface area contributed by atoms with Gasteiger partial charge in [0.1, 0.15) is 4.90 Å². The maximum Gasteiger partial charge on any atom is 0.296 e. The van der Waals surface area contributed by atoms with E-state index >= 15 is 0 Å². The van der Waals surface area contributed by atoms with E-state index in [1.165, 1.54) is 12.1 Å². The van der Waals surface area contributed by atoms with Crippen molar-refractivity contribution >= 4 is 33.1 Å². The molecule has 0 fully saturated rings. The van der Waals surface area contributed by atoms with Crippen molar-refractivity contribution < 1.29 is 17.8 Å². The highest BCUT2D eigenvalue weighted by atomic mass is 32.2. The van der Waals surface area contributed by atoms with Crippen LogP contribution in [0, 0.1) is 0 Å². The Morgan fingerprint density at radius 3 is 2.38 bits per heavy atom. The van der Waals surface area contributed by atoms with Crippen LogP contribution in [0.1, 0.15) is 10.4 Å². The molecule has 0 spiro atoms. The van der Waals surface area contributed by atoms with Gasteiger partial charge >= 0.3 is 0 Å². The fourth-order valence-electron chi connectivity index (χ4n) is 1.74. The third-order valence-electron chi connectivity index (χ3n) is 2.69. The smallest absolute Gasteiger partial charge is 0.296 e. The van der Waals surface area contributed by atoms with Crippen LogP contribution < -0.4 is 16.8 Å². The molecule has 0 bridgehead atoms. The summed E-state index contributed by atoms with van der Waals surface area (Å²) in [6, 6.07) is 10.1. The van der Waals surface area contributed by atoms with Crippen LogP contribution in [-0.4, -0.2) is 18.9 Å². The molecule has 6 N–H and O–H groups in total. The Labute approximate surface area is 121 Å². The second-order valence-electron chi connectivity index (χ2n) is 4.31. The molecule has 0 atom stereocenters. The van der Waals surface area contributed by atoms with Gasteiger partial charge in [-0.2, -0.15) is 8.42 Å². The summed E-state index contributed by atoms with van der Waals surface area (Å²) in [6.07, 6.45) is 0. The van der Waals surface area contributed by atoms with Crippen LogP contribution >= 0.6 is 0 Å². The predicted molar refractivity (Wildman–Crippen MR) is 79.5 cm³/mol. The number of nitrogen functional groups attached to an aromatic ring is 2. The highest BCUT2D eigenvalue weighted by Gasteiger charge is 2.16. The summed E-state index contributed by atoms with van der Waals surface area (Å²) < 4.78 is 31.0. The molecule has 0 aromatic heterocycles. The van der Waals surface area contributed by atoms with Crippen LogP contribution in [0.5, 0.6) is 0 Å². The number of carbonyl (C=O) groups is 1. The zero-order chi connectivity index (χ0) is 15.6. The Balaban J connectivity index is 2.27. The topological polar surface area (TPSA) is 136 Å². The van der Waals surface area contributed by atoms with Gasteiger partial charge in [-0.3, -0.25) is 9.35 Å². The fraction of sp³-hybridized carbons (Fsp3) is 0. The van der Waals surface area contributed by atoms with Crippen molar-refractivity contribution in [3.8, 4) is 0 Å². The second-order valence-corrected chi connectivity index (χ2v) is 5.70. The normalized spacial score (nSPS) is 11.1. The van der Waals surface area contributed by atoms with Gasteiger partial charge in [0.25, 0.3) is 16.0 Å². The van der Waals surface area contributed by atoms with Gasteiger partial charge in [-0.15, -0.1) is 0 Å². The molecule has 2 aromatic rings. The molecule has 0 aliphatic carbocycles. The van der Waals surface area contributed by atoms with E-state index in [1.54, 1.807) is 24.3 Å². The minimum Gasteiger partial charge on any atom is -0.399 e. The van der Waals surface area contributed by atoms with Crippen molar-refractivity contribution in [2.45, 2.75) is 4.90 Å². The van der Waals surface area contributed by atoms with Gasteiger partial charge in [-0.05, 0) is 36.4 Å². The van der Waals surface area contributed by atoms with Crippen LogP contribution in [-0.2, 0) is 10.1 Å². The van der Waals surface area contributed by atoms with Gasteiger partial charge in [0.2, 0.25) is 0 Å². The molecule has 0 heterocycles. The zero-order valence-corrected chi connectivity index (χ0v) is 11.6. The summed E-state index contributed by atoms with van der Waals surface area (Å²) in [5.74, 6) is -0.478.